The SMILES string of the molecule is O[C@@H]1C[C@H](Nc2nccn3cnnc23)[C@H]1n1cccn1. The molecule has 0 aromatic carbocycles. The van der Waals surface area contributed by atoms with Gasteiger partial charge < -0.3 is 10.4 Å². The molecule has 20 heavy (non-hydrogen) atoms. The van der Waals surface area contributed by atoms with Crippen molar-refractivity contribution in [3.8, 4) is 0 Å². The van der Waals surface area contributed by atoms with E-state index in [1.165, 1.54) is 0 Å². The third-order valence-corrected chi connectivity index (χ3v) is 3.67. The second-order valence-corrected chi connectivity index (χ2v) is 4.87. The molecule has 2 N–H and O–H groups in total. The Balaban J connectivity index is 1.62. The van der Waals surface area contributed by atoms with Gasteiger partial charge in [-0.3, -0.25) is 9.08 Å². The molecule has 0 spiro atoms. The van der Waals surface area contributed by atoms with Gasteiger partial charge in [-0.1, -0.05) is 0 Å². The average molecular weight is 271 g/mol. The largest absolute Gasteiger partial charge is 0.391 e. The molecular formula is C12H13N7O. The van der Waals surface area contributed by atoms with E-state index in [2.05, 4.69) is 25.6 Å². The Morgan fingerprint density at radius 1 is 1.30 bits per heavy atom. The maximum absolute atomic E-state index is 9.95. The zero-order valence-corrected chi connectivity index (χ0v) is 10.5. The first-order valence-electron chi connectivity index (χ1n) is 6.41. The molecule has 1 aliphatic rings. The summed E-state index contributed by atoms with van der Waals surface area (Å²) in [7, 11) is 0. The smallest absolute Gasteiger partial charge is 0.203 e. The Kier molecular flexibility index (Phi) is 2.43. The van der Waals surface area contributed by atoms with E-state index in [-0.39, 0.29) is 12.1 Å². The van der Waals surface area contributed by atoms with E-state index in [9.17, 15) is 5.11 Å². The highest BCUT2D eigenvalue weighted by Crippen LogP contribution is 2.34. The summed E-state index contributed by atoms with van der Waals surface area (Å²) in [6, 6.07) is 1.83. The highest BCUT2D eigenvalue weighted by Gasteiger charge is 2.42. The van der Waals surface area contributed by atoms with Gasteiger partial charge in [0.15, 0.2) is 5.82 Å². The lowest BCUT2D eigenvalue weighted by molar-refractivity contribution is 0.0133. The first kappa shape index (κ1) is 11.4. The number of nitrogens with zero attached hydrogens (tertiary/aromatic N) is 6. The van der Waals surface area contributed by atoms with Gasteiger partial charge in [-0.15, -0.1) is 10.2 Å². The third-order valence-electron chi connectivity index (χ3n) is 3.67. The van der Waals surface area contributed by atoms with Crippen molar-refractivity contribution in [2.45, 2.75) is 24.6 Å². The quantitative estimate of drug-likeness (QED) is 0.702. The number of hydrogen-bond donors (Lipinski definition) is 2. The van der Waals surface area contributed by atoms with Crippen molar-refractivity contribution in [2.75, 3.05) is 5.32 Å². The van der Waals surface area contributed by atoms with Gasteiger partial charge in [0.05, 0.1) is 18.2 Å². The van der Waals surface area contributed by atoms with Gasteiger partial charge in [0, 0.05) is 24.8 Å². The summed E-state index contributed by atoms with van der Waals surface area (Å²) in [5.41, 5.74) is 0.674. The molecule has 4 rings (SSSR count). The fourth-order valence-corrected chi connectivity index (χ4v) is 2.61. The molecule has 0 unspecified atom stereocenters. The minimum atomic E-state index is -0.398. The summed E-state index contributed by atoms with van der Waals surface area (Å²) in [6.07, 6.45) is 8.93. The number of aliphatic hydroxyl groups excluding tert-OH is 1. The van der Waals surface area contributed by atoms with E-state index in [0.717, 1.165) is 0 Å². The minimum absolute atomic E-state index is 0.0697. The molecule has 0 amide bonds. The van der Waals surface area contributed by atoms with Crippen LogP contribution in [-0.2, 0) is 0 Å². The molecule has 0 aliphatic heterocycles. The Morgan fingerprint density at radius 2 is 2.25 bits per heavy atom. The van der Waals surface area contributed by atoms with Crippen LogP contribution in [0.1, 0.15) is 12.5 Å². The summed E-state index contributed by atoms with van der Waals surface area (Å²) >= 11 is 0. The number of aliphatic hydroxyl groups is 1. The fourth-order valence-electron chi connectivity index (χ4n) is 2.61. The van der Waals surface area contributed by atoms with E-state index in [0.29, 0.717) is 17.9 Å². The molecule has 0 radical (unpaired) electrons. The lowest BCUT2D eigenvalue weighted by Crippen LogP contribution is -2.51. The zero-order valence-electron chi connectivity index (χ0n) is 10.5. The predicted octanol–water partition coefficient (Wildman–Crippen LogP) is 0.107. The van der Waals surface area contributed by atoms with Crippen LogP contribution in [0, 0.1) is 0 Å². The van der Waals surface area contributed by atoms with Crippen molar-refractivity contribution in [3.63, 3.8) is 0 Å². The lowest BCUT2D eigenvalue weighted by Gasteiger charge is -2.42. The van der Waals surface area contributed by atoms with E-state index in [4.69, 9.17) is 0 Å². The van der Waals surface area contributed by atoms with Crippen molar-refractivity contribution in [2.24, 2.45) is 0 Å². The summed E-state index contributed by atoms with van der Waals surface area (Å²) in [5.74, 6) is 0.666. The number of rotatable bonds is 3. The zero-order chi connectivity index (χ0) is 13.5. The van der Waals surface area contributed by atoms with Gasteiger partial charge >= 0.3 is 0 Å². The van der Waals surface area contributed by atoms with Gasteiger partial charge in [-0.25, -0.2) is 4.98 Å². The Labute approximate surface area is 114 Å². The van der Waals surface area contributed by atoms with Crippen LogP contribution < -0.4 is 5.32 Å². The van der Waals surface area contributed by atoms with E-state index < -0.39 is 6.10 Å². The normalized spacial score (nSPS) is 25.6. The highest BCUT2D eigenvalue weighted by molar-refractivity contribution is 5.62. The molecule has 3 atom stereocenters. The van der Waals surface area contributed by atoms with E-state index in [1.807, 2.05) is 12.3 Å². The summed E-state index contributed by atoms with van der Waals surface area (Å²) in [5, 5.41) is 25.4. The molecule has 3 heterocycles. The molecule has 0 saturated heterocycles. The maximum Gasteiger partial charge on any atom is 0.203 e. The van der Waals surface area contributed by atoms with Gasteiger partial charge in [0.25, 0.3) is 0 Å². The molecule has 3 aromatic heterocycles. The highest BCUT2D eigenvalue weighted by atomic mass is 16.3. The fraction of sp³-hybridized carbons (Fsp3) is 0.333. The van der Waals surface area contributed by atoms with Crippen molar-refractivity contribution >= 4 is 11.5 Å². The second-order valence-electron chi connectivity index (χ2n) is 4.87. The molecule has 0 bridgehead atoms. The first-order chi connectivity index (χ1) is 9.83. The van der Waals surface area contributed by atoms with Crippen LogP contribution in [-0.4, -0.2) is 46.6 Å². The Bertz CT molecular complexity index is 722. The van der Waals surface area contributed by atoms with E-state index >= 15 is 0 Å². The molecular weight excluding hydrogens is 258 g/mol. The number of anilines is 1. The molecule has 1 aliphatic carbocycles. The maximum atomic E-state index is 9.95. The predicted molar refractivity (Wildman–Crippen MR) is 70.1 cm³/mol. The van der Waals surface area contributed by atoms with Crippen LogP contribution >= 0.6 is 0 Å². The van der Waals surface area contributed by atoms with Crippen molar-refractivity contribution in [1.82, 2.24) is 29.4 Å². The summed E-state index contributed by atoms with van der Waals surface area (Å²) < 4.78 is 3.57. The molecule has 8 heteroatoms. The van der Waals surface area contributed by atoms with Crippen molar-refractivity contribution in [3.05, 3.63) is 37.2 Å². The lowest BCUT2D eigenvalue weighted by atomic mass is 9.83. The van der Waals surface area contributed by atoms with Crippen LogP contribution in [0.5, 0.6) is 0 Å². The second kappa shape index (κ2) is 4.27. The van der Waals surface area contributed by atoms with Gasteiger partial charge in [-0.05, 0) is 12.5 Å². The van der Waals surface area contributed by atoms with Gasteiger partial charge in [0.1, 0.15) is 6.33 Å². The third kappa shape index (κ3) is 1.65. The summed E-state index contributed by atoms with van der Waals surface area (Å²) in [4.78, 5) is 4.30. The number of aromatic nitrogens is 6. The Hall–Kier alpha value is -2.48. The monoisotopic (exact) mass is 271 g/mol. The van der Waals surface area contributed by atoms with Crippen LogP contribution in [0.25, 0.3) is 5.65 Å². The number of hydrogen-bond acceptors (Lipinski definition) is 6. The van der Waals surface area contributed by atoms with Crippen molar-refractivity contribution < 1.29 is 5.11 Å². The van der Waals surface area contributed by atoms with Crippen molar-refractivity contribution in [1.29, 1.82) is 0 Å². The van der Waals surface area contributed by atoms with Crippen LogP contribution in [0.3, 0.4) is 0 Å². The van der Waals surface area contributed by atoms with E-state index in [1.54, 1.807) is 34.0 Å². The molecule has 3 aromatic rings. The van der Waals surface area contributed by atoms with Gasteiger partial charge in [-0.2, -0.15) is 5.10 Å². The first-order valence-corrected chi connectivity index (χ1v) is 6.41. The topological polar surface area (TPSA) is 93.2 Å². The molecule has 1 saturated carbocycles. The molecule has 8 nitrogen and oxygen atoms in total. The van der Waals surface area contributed by atoms with Crippen LogP contribution in [0.15, 0.2) is 37.2 Å². The Morgan fingerprint density at radius 3 is 3.05 bits per heavy atom. The average Bonchev–Trinajstić information content (AvgIpc) is 3.09. The number of nitrogens with one attached hydrogen (secondary N) is 1. The van der Waals surface area contributed by atoms with Crippen LogP contribution in [0.4, 0.5) is 5.82 Å². The minimum Gasteiger partial charge on any atom is -0.391 e. The molecule has 1 fully saturated rings. The summed E-state index contributed by atoms with van der Waals surface area (Å²) in [6.45, 7) is 0. The molecule has 102 valence electrons. The van der Waals surface area contributed by atoms with Gasteiger partial charge in [0.2, 0.25) is 5.65 Å². The van der Waals surface area contributed by atoms with Crippen LogP contribution in [0.2, 0.25) is 0 Å². The number of fused-ring (bicyclic) bond motifs is 1. The standard InChI is InChI=1S/C12H13N7O/c20-9-6-8(10(9)19-4-1-2-15-19)16-11-12-17-14-7-18(12)5-3-13-11/h1-5,7-10,20H,6H2,(H,13,16)/t8-,9+,10+/m0/s1.